The summed E-state index contributed by atoms with van der Waals surface area (Å²) >= 11 is 0. The second-order valence-electron chi connectivity index (χ2n) is 8.29. The number of aliphatic hydroxyl groups is 2. The summed E-state index contributed by atoms with van der Waals surface area (Å²) in [5, 5.41) is 17.5. The van der Waals surface area contributed by atoms with Crippen LogP contribution in [0.5, 0.6) is 5.75 Å². The lowest BCUT2D eigenvalue weighted by Gasteiger charge is -2.28. The van der Waals surface area contributed by atoms with Gasteiger partial charge in [-0.3, -0.25) is 4.79 Å². The molecule has 1 saturated carbocycles. The summed E-state index contributed by atoms with van der Waals surface area (Å²) in [5.74, 6) is 2.69. The van der Waals surface area contributed by atoms with E-state index in [1.165, 1.54) is 44.1 Å². The van der Waals surface area contributed by atoms with Crippen LogP contribution in [0.2, 0.25) is 0 Å². The summed E-state index contributed by atoms with van der Waals surface area (Å²) in [5.41, 5.74) is 1.45. The summed E-state index contributed by atoms with van der Waals surface area (Å²) in [6.07, 6.45) is 10.3. The molecule has 1 aromatic carbocycles. The first kappa shape index (κ1) is 22.9. The molecule has 2 rings (SSSR count). The molecule has 2 N–H and O–H groups in total. The smallest absolute Gasteiger partial charge is 0.151 e. The minimum absolute atomic E-state index is 0.105. The average Bonchev–Trinajstić information content (AvgIpc) is 2.70. The molecule has 1 aromatic rings. The van der Waals surface area contributed by atoms with Gasteiger partial charge in [0.05, 0.1) is 6.61 Å². The predicted octanol–water partition coefficient (Wildman–Crippen LogP) is 5.36. The molecule has 1 fully saturated rings. The van der Waals surface area contributed by atoms with Gasteiger partial charge in [0.15, 0.2) is 6.29 Å². The van der Waals surface area contributed by atoms with Gasteiger partial charge in [0, 0.05) is 19.3 Å². The second kappa shape index (κ2) is 12.9. The highest BCUT2D eigenvalue weighted by atomic mass is 16.5. The fourth-order valence-electron chi connectivity index (χ4n) is 4.24. The van der Waals surface area contributed by atoms with Gasteiger partial charge in [-0.1, -0.05) is 31.9 Å². The van der Waals surface area contributed by atoms with Crippen LogP contribution < -0.4 is 4.74 Å². The maximum atomic E-state index is 11.6. The van der Waals surface area contributed by atoms with E-state index in [0.717, 1.165) is 30.9 Å². The van der Waals surface area contributed by atoms with Crippen LogP contribution in [0.1, 0.15) is 95.5 Å². The Labute approximate surface area is 170 Å². The molecule has 0 unspecified atom stereocenters. The maximum absolute atomic E-state index is 11.6. The molecular formula is C24H38O4. The fourth-order valence-corrected chi connectivity index (χ4v) is 4.24. The van der Waals surface area contributed by atoms with E-state index in [1.54, 1.807) is 0 Å². The molecule has 1 aliphatic carbocycles. The van der Waals surface area contributed by atoms with E-state index in [1.807, 2.05) is 0 Å². The van der Waals surface area contributed by atoms with Crippen LogP contribution in [0.3, 0.4) is 0 Å². The van der Waals surface area contributed by atoms with Crippen LogP contribution in [0, 0.1) is 5.92 Å². The third-order valence-corrected chi connectivity index (χ3v) is 5.95. The first-order valence-corrected chi connectivity index (χ1v) is 11.2. The lowest BCUT2D eigenvalue weighted by Crippen LogP contribution is -2.13. The topological polar surface area (TPSA) is 66.8 Å². The number of benzene rings is 1. The van der Waals surface area contributed by atoms with E-state index >= 15 is 0 Å². The normalized spacial score (nSPS) is 19.7. The summed E-state index contributed by atoms with van der Waals surface area (Å²) in [6.45, 7) is 2.96. The van der Waals surface area contributed by atoms with Gasteiger partial charge in [-0.05, 0) is 74.5 Å². The molecule has 0 amide bonds. The van der Waals surface area contributed by atoms with Crippen molar-refractivity contribution in [2.75, 3.05) is 6.61 Å². The van der Waals surface area contributed by atoms with Crippen molar-refractivity contribution in [1.82, 2.24) is 0 Å². The highest BCUT2D eigenvalue weighted by Crippen LogP contribution is 2.37. The molecule has 0 saturated heterocycles. The van der Waals surface area contributed by atoms with E-state index in [-0.39, 0.29) is 18.6 Å². The van der Waals surface area contributed by atoms with Crippen LogP contribution in [0.25, 0.3) is 0 Å². The van der Waals surface area contributed by atoms with Crippen molar-refractivity contribution in [3.05, 3.63) is 29.8 Å². The monoisotopic (exact) mass is 390 g/mol. The third kappa shape index (κ3) is 8.74. The van der Waals surface area contributed by atoms with E-state index in [0.29, 0.717) is 18.9 Å². The highest BCUT2D eigenvalue weighted by Gasteiger charge is 2.21. The van der Waals surface area contributed by atoms with Gasteiger partial charge in [0.1, 0.15) is 11.5 Å². The van der Waals surface area contributed by atoms with E-state index in [9.17, 15) is 4.79 Å². The molecule has 1 aliphatic rings. The van der Waals surface area contributed by atoms with Crippen molar-refractivity contribution in [3.8, 4) is 5.75 Å². The number of unbranched alkanes of at least 4 members (excludes halogenated alkanes) is 2. The summed E-state index contributed by atoms with van der Waals surface area (Å²) in [4.78, 5) is 11.6. The number of carbonyl (C=O) groups excluding carboxylic acids is 1. The van der Waals surface area contributed by atoms with Gasteiger partial charge in [-0.2, -0.15) is 0 Å². The quantitative estimate of drug-likeness (QED) is 0.351. The summed E-state index contributed by atoms with van der Waals surface area (Å²) in [7, 11) is 0. The molecule has 0 bridgehead atoms. The van der Waals surface area contributed by atoms with Crippen LogP contribution in [0.15, 0.2) is 24.3 Å². The van der Waals surface area contributed by atoms with Crippen molar-refractivity contribution in [2.45, 2.75) is 96.2 Å². The summed E-state index contributed by atoms with van der Waals surface area (Å²) in [6, 6.07) is 8.65. The number of carbonyl (C=O) groups is 1. The van der Waals surface area contributed by atoms with E-state index in [2.05, 4.69) is 31.2 Å². The predicted molar refractivity (Wildman–Crippen MR) is 112 cm³/mol. The van der Waals surface area contributed by atoms with Crippen LogP contribution in [-0.4, -0.2) is 28.9 Å². The van der Waals surface area contributed by atoms with Gasteiger partial charge < -0.3 is 14.9 Å². The number of Topliss-reactive ketones (excluding diaryl/α,β-unsaturated/α-hetero) is 1. The zero-order valence-electron chi connectivity index (χ0n) is 17.4. The van der Waals surface area contributed by atoms with E-state index in [4.69, 9.17) is 14.9 Å². The summed E-state index contributed by atoms with van der Waals surface area (Å²) < 4.78 is 5.83. The number of rotatable bonds is 13. The Hall–Kier alpha value is -1.39. The highest BCUT2D eigenvalue weighted by molar-refractivity contribution is 5.78. The molecule has 0 atom stereocenters. The number of hydrogen-bond acceptors (Lipinski definition) is 4. The molecule has 4 heteroatoms. The molecule has 0 aliphatic heterocycles. The first-order valence-electron chi connectivity index (χ1n) is 11.2. The minimum atomic E-state index is -1.38. The Morgan fingerprint density at radius 3 is 2.39 bits per heavy atom. The largest absolute Gasteiger partial charge is 0.494 e. The molecule has 0 radical (unpaired) electrons. The Balaban J connectivity index is 1.57. The fraction of sp³-hybridized carbons (Fsp3) is 0.708. The molecule has 28 heavy (non-hydrogen) atoms. The Morgan fingerprint density at radius 2 is 1.75 bits per heavy atom. The lowest BCUT2D eigenvalue weighted by atomic mass is 9.77. The van der Waals surface area contributed by atoms with Crippen molar-refractivity contribution in [1.29, 1.82) is 0 Å². The molecule has 0 spiro atoms. The van der Waals surface area contributed by atoms with Crippen molar-refractivity contribution < 1.29 is 19.7 Å². The zero-order chi connectivity index (χ0) is 20.2. The zero-order valence-corrected chi connectivity index (χ0v) is 17.4. The average molecular weight is 391 g/mol. The molecule has 0 heterocycles. The maximum Gasteiger partial charge on any atom is 0.151 e. The first-order chi connectivity index (χ1) is 13.6. The van der Waals surface area contributed by atoms with Gasteiger partial charge >= 0.3 is 0 Å². The molecular weight excluding hydrogens is 352 g/mol. The van der Waals surface area contributed by atoms with E-state index < -0.39 is 6.29 Å². The van der Waals surface area contributed by atoms with Gasteiger partial charge in [0.2, 0.25) is 0 Å². The second-order valence-corrected chi connectivity index (χ2v) is 8.29. The SMILES string of the molecule is CCCC1CCC(c2ccc(OCCCCCC(=O)CCC(O)O)cc2)CC1. The van der Waals surface area contributed by atoms with Crippen LogP contribution in [0.4, 0.5) is 0 Å². The minimum Gasteiger partial charge on any atom is -0.494 e. The van der Waals surface area contributed by atoms with Crippen molar-refractivity contribution in [2.24, 2.45) is 5.92 Å². The van der Waals surface area contributed by atoms with Crippen LogP contribution in [-0.2, 0) is 4.79 Å². The number of ether oxygens (including phenoxy) is 1. The number of aliphatic hydroxyl groups excluding tert-OH is 1. The Kier molecular flexibility index (Phi) is 10.6. The van der Waals surface area contributed by atoms with Crippen molar-refractivity contribution >= 4 is 5.78 Å². The van der Waals surface area contributed by atoms with Gasteiger partial charge in [-0.15, -0.1) is 0 Å². The Morgan fingerprint density at radius 1 is 1.04 bits per heavy atom. The number of ketones is 1. The van der Waals surface area contributed by atoms with Gasteiger partial charge in [0.25, 0.3) is 0 Å². The number of hydrogen-bond donors (Lipinski definition) is 2. The van der Waals surface area contributed by atoms with Crippen molar-refractivity contribution in [3.63, 3.8) is 0 Å². The van der Waals surface area contributed by atoms with Crippen LogP contribution >= 0.6 is 0 Å². The molecule has 158 valence electrons. The van der Waals surface area contributed by atoms with Gasteiger partial charge in [-0.25, -0.2) is 0 Å². The Bertz CT molecular complexity index is 544. The molecule has 4 nitrogen and oxygen atoms in total. The lowest BCUT2D eigenvalue weighted by molar-refractivity contribution is -0.121. The molecule has 0 aromatic heterocycles. The standard InChI is InChI=1S/C24H38O4/c1-2-6-19-8-10-20(11-9-19)21-12-15-23(16-13-21)28-18-5-3-4-7-22(25)14-17-24(26)27/h12-13,15-16,19-20,24,26-27H,2-11,14,17-18H2,1H3. The third-order valence-electron chi connectivity index (χ3n) is 5.95.